The van der Waals surface area contributed by atoms with E-state index >= 15 is 0 Å². The molecule has 134 valence electrons. The molecule has 2 rings (SSSR count). The van der Waals surface area contributed by atoms with Crippen molar-refractivity contribution in [3.8, 4) is 0 Å². The Morgan fingerprint density at radius 2 is 1.74 bits per heavy atom. The standard InChI is InChI=1S/C17H33N3O3/c1-16(2,3)23-15(21)19-14-10-13(11-14)18-12-17(4,5)20-6-8-22-9-7-20/h13-14,18H,6-12H2,1-5H3,(H,19,21). The molecule has 0 atom stereocenters. The van der Waals surface area contributed by atoms with Crippen molar-refractivity contribution >= 4 is 6.09 Å². The quantitative estimate of drug-likeness (QED) is 0.805. The molecule has 1 amide bonds. The molecule has 0 unspecified atom stereocenters. The molecule has 0 aromatic carbocycles. The van der Waals surface area contributed by atoms with E-state index in [1.807, 2.05) is 20.8 Å². The first kappa shape index (κ1) is 18.5. The van der Waals surface area contributed by atoms with Crippen LogP contribution in [0.15, 0.2) is 0 Å². The second-order valence-electron chi connectivity index (χ2n) is 8.30. The predicted molar refractivity (Wildman–Crippen MR) is 90.7 cm³/mol. The molecule has 2 N–H and O–H groups in total. The number of rotatable bonds is 5. The second kappa shape index (κ2) is 7.36. The Morgan fingerprint density at radius 3 is 2.30 bits per heavy atom. The zero-order valence-corrected chi connectivity index (χ0v) is 15.3. The maximum atomic E-state index is 11.7. The number of carbonyl (C=O) groups is 1. The zero-order valence-electron chi connectivity index (χ0n) is 15.3. The van der Waals surface area contributed by atoms with Gasteiger partial charge in [-0.25, -0.2) is 4.79 Å². The van der Waals surface area contributed by atoms with Crippen LogP contribution in [0.4, 0.5) is 4.79 Å². The SMILES string of the molecule is CC(C)(C)OC(=O)NC1CC(NCC(C)(C)N2CCOCC2)C1. The maximum absolute atomic E-state index is 11.7. The minimum Gasteiger partial charge on any atom is -0.444 e. The Kier molecular flexibility index (Phi) is 5.92. The summed E-state index contributed by atoms with van der Waals surface area (Å²) in [7, 11) is 0. The van der Waals surface area contributed by atoms with Crippen LogP contribution in [0, 0.1) is 0 Å². The Bertz CT molecular complexity index is 394. The van der Waals surface area contributed by atoms with Crippen molar-refractivity contribution in [2.75, 3.05) is 32.8 Å². The Hall–Kier alpha value is -0.850. The van der Waals surface area contributed by atoms with Crippen LogP contribution in [0.5, 0.6) is 0 Å². The molecule has 0 radical (unpaired) electrons. The van der Waals surface area contributed by atoms with Gasteiger partial charge in [0.25, 0.3) is 0 Å². The van der Waals surface area contributed by atoms with E-state index in [2.05, 4.69) is 29.4 Å². The van der Waals surface area contributed by atoms with Gasteiger partial charge in [0.2, 0.25) is 0 Å². The lowest BCUT2D eigenvalue weighted by molar-refractivity contribution is -0.0115. The predicted octanol–water partition coefficient (Wildman–Crippen LogP) is 1.74. The second-order valence-corrected chi connectivity index (χ2v) is 8.30. The third kappa shape index (κ3) is 5.94. The first-order chi connectivity index (χ1) is 10.7. The summed E-state index contributed by atoms with van der Waals surface area (Å²) in [4.78, 5) is 14.2. The number of nitrogens with zero attached hydrogens (tertiary/aromatic N) is 1. The van der Waals surface area contributed by atoms with E-state index in [4.69, 9.17) is 9.47 Å². The third-order valence-electron chi connectivity index (χ3n) is 4.55. The molecule has 1 aliphatic heterocycles. The molecule has 1 aliphatic carbocycles. The summed E-state index contributed by atoms with van der Waals surface area (Å²) in [6, 6.07) is 0.712. The molecule has 23 heavy (non-hydrogen) atoms. The van der Waals surface area contributed by atoms with Gasteiger partial charge in [-0.3, -0.25) is 4.90 Å². The summed E-state index contributed by atoms with van der Waals surface area (Å²) >= 11 is 0. The minimum atomic E-state index is -0.437. The van der Waals surface area contributed by atoms with Crippen molar-refractivity contribution in [2.24, 2.45) is 0 Å². The number of hydrogen-bond acceptors (Lipinski definition) is 5. The largest absolute Gasteiger partial charge is 0.444 e. The highest BCUT2D eigenvalue weighted by atomic mass is 16.6. The molecule has 6 heteroatoms. The number of hydrogen-bond donors (Lipinski definition) is 2. The van der Waals surface area contributed by atoms with Crippen LogP contribution in [0.3, 0.4) is 0 Å². The number of nitrogens with one attached hydrogen (secondary N) is 2. The van der Waals surface area contributed by atoms with Gasteiger partial charge in [-0.1, -0.05) is 0 Å². The molecule has 1 heterocycles. The lowest BCUT2D eigenvalue weighted by atomic mass is 9.86. The number of carbonyl (C=O) groups excluding carboxylic acids is 1. The first-order valence-electron chi connectivity index (χ1n) is 8.71. The van der Waals surface area contributed by atoms with Gasteiger partial charge < -0.3 is 20.1 Å². The molecule has 2 aliphatic rings. The highest BCUT2D eigenvalue weighted by Crippen LogP contribution is 2.22. The summed E-state index contributed by atoms with van der Waals surface area (Å²) in [5.41, 5.74) is -0.304. The van der Waals surface area contributed by atoms with E-state index in [1.54, 1.807) is 0 Å². The summed E-state index contributed by atoms with van der Waals surface area (Å²) in [5.74, 6) is 0. The molecule has 0 bridgehead atoms. The molecular formula is C17H33N3O3. The van der Waals surface area contributed by atoms with Crippen LogP contribution in [-0.2, 0) is 9.47 Å². The number of amides is 1. The van der Waals surface area contributed by atoms with Gasteiger partial charge in [-0.05, 0) is 47.5 Å². The Labute approximate surface area is 140 Å². The highest BCUT2D eigenvalue weighted by Gasteiger charge is 2.34. The van der Waals surface area contributed by atoms with E-state index in [-0.39, 0.29) is 17.7 Å². The van der Waals surface area contributed by atoms with Crippen molar-refractivity contribution in [3.05, 3.63) is 0 Å². The summed E-state index contributed by atoms with van der Waals surface area (Å²) in [6.07, 6.45) is 1.63. The maximum Gasteiger partial charge on any atom is 0.407 e. The van der Waals surface area contributed by atoms with Crippen LogP contribution >= 0.6 is 0 Å². The van der Waals surface area contributed by atoms with Crippen LogP contribution < -0.4 is 10.6 Å². The van der Waals surface area contributed by atoms with Crippen LogP contribution in [-0.4, -0.2) is 67.1 Å². The lowest BCUT2D eigenvalue weighted by Crippen LogP contribution is -2.59. The summed E-state index contributed by atoms with van der Waals surface area (Å²) in [5, 5.41) is 6.57. The smallest absolute Gasteiger partial charge is 0.407 e. The molecule has 0 aromatic rings. The van der Waals surface area contributed by atoms with Crippen molar-refractivity contribution in [1.82, 2.24) is 15.5 Å². The average Bonchev–Trinajstić information content (AvgIpc) is 2.40. The van der Waals surface area contributed by atoms with E-state index in [0.717, 1.165) is 45.7 Å². The molecular weight excluding hydrogens is 294 g/mol. The molecule has 0 aromatic heterocycles. The van der Waals surface area contributed by atoms with E-state index in [1.165, 1.54) is 0 Å². The van der Waals surface area contributed by atoms with Crippen LogP contribution in [0.2, 0.25) is 0 Å². The van der Waals surface area contributed by atoms with Gasteiger partial charge in [0.05, 0.1) is 13.2 Å². The van der Waals surface area contributed by atoms with Crippen LogP contribution in [0.1, 0.15) is 47.5 Å². The first-order valence-corrected chi connectivity index (χ1v) is 8.71. The van der Waals surface area contributed by atoms with Crippen molar-refractivity contribution in [1.29, 1.82) is 0 Å². The average molecular weight is 327 g/mol. The number of alkyl carbamates (subject to hydrolysis) is 1. The summed E-state index contributed by atoms with van der Waals surface area (Å²) < 4.78 is 10.7. The minimum absolute atomic E-state index is 0.132. The normalized spacial score (nSPS) is 26.5. The number of ether oxygens (including phenoxy) is 2. The fraction of sp³-hybridized carbons (Fsp3) is 0.941. The van der Waals surface area contributed by atoms with Crippen molar-refractivity contribution in [3.63, 3.8) is 0 Å². The zero-order chi connectivity index (χ0) is 17.1. The van der Waals surface area contributed by atoms with Gasteiger partial charge in [-0.2, -0.15) is 0 Å². The fourth-order valence-electron chi connectivity index (χ4n) is 3.05. The highest BCUT2D eigenvalue weighted by molar-refractivity contribution is 5.68. The monoisotopic (exact) mass is 327 g/mol. The topological polar surface area (TPSA) is 62.8 Å². The van der Waals surface area contributed by atoms with Crippen molar-refractivity contribution in [2.45, 2.75) is 70.7 Å². The Morgan fingerprint density at radius 1 is 1.13 bits per heavy atom. The van der Waals surface area contributed by atoms with Gasteiger partial charge in [0.15, 0.2) is 0 Å². The lowest BCUT2D eigenvalue weighted by Gasteiger charge is -2.44. The molecule has 1 saturated carbocycles. The third-order valence-corrected chi connectivity index (χ3v) is 4.55. The van der Waals surface area contributed by atoms with Gasteiger partial charge >= 0.3 is 6.09 Å². The van der Waals surface area contributed by atoms with Crippen LogP contribution in [0.25, 0.3) is 0 Å². The van der Waals surface area contributed by atoms with Crippen molar-refractivity contribution < 1.29 is 14.3 Å². The molecule has 0 spiro atoms. The van der Waals surface area contributed by atoms with Gasteiger partial charge in [-0.15, -0.1) is 0 Å². The Balaban J connectivity index is 1.63. The van der Waals surface area contributed by atoms with Gasteiger partial charge in [0, 0.05) is 37.3 Å². The summed E-state index contributed by atoms with van der Waals surface area (Å²) in [6.45, 7) is 14.8. The number of morpholine rings is 1. The van der Waals surface area contributed by atoms with E-state index in [0.29, 0.717) is 6.04 Å². The fourth-order valence-corrected chi connectivity index (χ4v) is 3.05. The molecule has 1 saturated heterocycles. The molecule has 6 nitrogen and oxygen atoms in total. The molecule has 2 fully saturated rings. The van der Waals surface area contributed by atoms with E-state index in [9.17, 15) is 4.79 Å². The van der Waals surface area contributed by atoms with Gasteiger partial charge in [0.1, 0.15) is 5.60 Å². The van der Waals surface area contributed by atoms with E-state index < -0.39 is 5.60 Å².